The van der Waals surface area contributed by atoms with Gasteiger partial charge in [0.05, 0.1) is 17.1 Å². The van der Waals surface area contributed by atoms with Gasteiger partial charge in [0.1, 0.15) is 5.52 Å². The molecule has 5 rings (SSSR count). The lowest BCUT2D eigenvalue weighted by Crippen LogP contribution is -2.29. The summed E-state index contributed by atoms with van der Waals surface area (Å²) in [5.41, 5.74) is 6.39. The molecule has 0 unspecified atom stereocenters. The summed E-state index contributed by atoms with van der Waals surface area (Å²) >= 11 is 0.990. The molecule has 238 valence electrons. The SMILES string of the molecule is CCc1ccc(/C=C2\SC(=O)N(CCCCCCCC(=O)CNC(=O)c3ccc(Nc4ccc(C)c5nonc45)cc3)C2=O)cc1. The molecule has 0 atom stereocenters. The molecule has 46 heavy (non-hydrogen) atoms. The number of carbonyl (C=O) groups excluding carboxylic acids is 4. The Kier molecular flexibility index (Phi) is 11.0. The number of unbranched alkanes of at least 4 members (excludes halogenated alkanes) is 4. The van der Waals surface area contributed by atoms with E-state index >= 15 is 0 Å². The quantitative estimate of drug-likeness (QED) is 0.102. The number of Topliss-reactive ketones (excluding diaryl/α,β-unsaturated/α-hetero) is 1. The topological polar surface area (TPSA) is 134 Å². The number of benzene rings is 3. The highest BCUT2D eigenvalue weighted by molar-refractivity contribution is 8.18. The second-order valence-electron chi connectivity index (χ2n) is 11.3. The highest BCUT2D eigenvalue weighted by Crippen LogP contribution is 2.32. The van der Waals surface area contributed by atoms with Crippen molar-refractivity contribution in [3.8, 4) is 0 Å². The maximum atomic E-state index is 12.7. The molecule has 1 aliphatic rings. The average molecular weight is 640 g/mol. The summed E-state index contributed by atoms with van der Waals surface area (Å²) in [4.78, 5) is 51.8. The van der Waals surface area contributed by atoms with Crippen LogP contribution in [0.4, 0.5) is 16.2 Å². The molecule has 0 radical (unpaired) electrons. The summed E-state index contributed by atoms with van der Waals surface area (Å²) in [7, 11) is 0. The predicted molar refractivity (Wildman–Crippen MR) is 180 cm³/mol. The summed E-state index contributed by atoms with van der Waals surface area (Å²) in [6.07, 6.45) is 7.19. The molecule has 1 saturated heterocycles. The molecule has 3 aromatic carbocycles. The van der Waals surface area contributed by atoms with Gasteiger partial charge in [-0.3, -0.25) is 24.1 Å². The van der Waals surface area contributed by atoms with Crippen LogP contribution in [0.25, 0.3) is 17.1 Å². The Balaban J connectivity index is 0.953. The van der Waals surface area contributed by atoms with Crippen LogP contribution in [-0.2, 0) is 16.0 Å². The van der Waals surface area contributed by atoms with Crippen molar-refractivity contribution in [2.24, 2.45) is 0 Å². The van der Waals surface area contributed by atoms with E-state index in [1.54, 1.807) is 30.3 Å². The van der Waals surface area contributed by atoms with Gasteiger partial charge in [0, 0.05) is 24.2 Å². The highest BCUT2D eigenvalue weighted by Gasteiger charge is 2.34. The number of hydrogen-bond acceptors (Lipinski definition) is 9. The van der Waals surface area contributed by atoms with Crippen LogP contribution in [0.1, 0.15) is 72.5 Å². The van der Waals surface area contributed by atoms with Crippen molar-refractivity contribution in [3.63, 3.8) is 0 Å². The lowest BCUT2D eigenvalue weighted by atomic mass is 10.1. The molecule has 0 spiro atoms. The Labute approximate surface area is 272 Å². The smallest absolute Gasteiger partial charge is 0.293 e. The van der Waals surface area contributed by atoms with E-state index in [9.17, 15) is 19.2 Å². The first-order valence-electron chi connectivity index (χ1n) is 15.6. The van der Waals surface area contributed by atoms with Crippen molar-refractivity contribution < 1.29 is 23.8 Å². The van der Waals surface area contributed by atoms with E-state index in [0.29, 0.717) is 34.5 Å². The van der Waals surface area contributed by atoms with Crippen LogP contribution in [0.15, 0.2) is 70.2 Å². The predicted octanol–water partition coefficient (Wildman–Crippen LogP) is 7.21. The van der Waals surface area contributed by atoms with Crippen LogP contribution < -0.4 is 10.6 Å². The van der Waals surface area contributed by atoms with Gasteiger partial charge in [0.15, 0.2) is 11.3 Å². The number of hydrogen-bond donors (Lipinski definition) is 2. The fraction of sp³-hybridized carbons (Fsp3) is 0.314. The molecule has 0 saturated carbocycles. The van der Waals surface area contributed by atoms with Gasteiger partial charge in [-0.1, -0.05) is 56.5 Å². The largest absolute Gasteiger partial charge is 0.354 e. The third kappa shape index (κ3) is 8.28. The zero-order chi connectivity index (χ0) is 32.5. The number of carbonyl (C=O) groups is 4. The van der Waals surface area contributed by atoms with Gasteiger partial charge in [-0.25, -0.2) is 4.63 Å². The Hall–Kier alpha value is -4.77. The number of ketones is 1. The molecule has 3 amide bonds. The number of aromatic nitrogens is 2. The van der Waals surface area contributed by atoms with Crippen LogP contribution in [0.3, 0.4) is 0 Å². The minimum absolute atomic E-state index is 0.0191. The first-order valence-corrected chi connectivity index (χ1v) is 16.4. The molecule has 4 aromatic rings. The second-order valence-corrected chi connectivity index (χ2v) is 12.3. The summed E-state index contributed by atoms with van der Waals surface area (Å²) in [5, 5.41) is 13.6. The fourth-order valence-corrected chi connectivity index (χ4v) is 6.00. The lowest BCUT2D eigenvalue weighted by molar-refractivity contribution is -0.122. The first-order chi connectivity index (χ1) is 22.3. The number of thioether (sulfide) groups is 1. The lowest BCUT2D eigenvalue weighted by Gasteiger charge is -2.12. The number of rotatable bonds is 15. The van der Waals surface area contributed by atoms with Crippen molar-refractivity contribution >= 4 is 63.1 Å². The van der Waals surface area contributed by atoms with Gasteiger partial charge in [-0.05, 0) is 101 Å². The minimum atomic E-state index is -0.310. The van der Waals surface area contributed by atoms with Gasteiger partial charge >= 0.3 is 0 Å². The molecule has 2 heterocycles. The van der Waals surface area contributed by atoms with Crippen molar-refractivity contribution in [2.45, 2.75) is 58.8 Å². The third-order valence-corrected chi connectivity index (χ3v) is 8.79. The van der Waals surface area contributed by atoms with Crippen LogP contribution in [0, 0.1) is 6.92 Å². The van der Waals surface area contributed by atoms with E-state index in [-0.39, 0.29) is 29.4 Å². The van der Waals surface area contributed by atoms with Gasteiger partial charge in [0.25, 0.3) is 17.1 Å². The van der Waals surface area contributed by atoms with Crippen LogP contribution in [0.2, 0.25) is 0 Å². The molecule has 1 aliphatic heterocycles. The monoisotopic (exact) mass is 639 g/mol. The summed E-state index contributed by atoms with van der Waals surface area (Å²) in [6.45, 7) is 4.40. The zero-order valence-corrected chi connectivity index (χ0v) is 26.8. The molecule has 10 nitrogen and oxygen atoms in total. The number of fused-ring (bicyclic) bond motifs is 1. The maximum absolute atomic E-state index is 12.7. The molecular weight excluding hydrogens is 602 g/mol. The second kappa shape index (κ2) is 15.5. The van der Waals surface area contributed by atoms with Crippen LogP contribution >= 0.6 is 11.8 Å². The molecule has 11 heteroatoms. The first kappa shape index (κ1) is 32.6. The van der Waals surface area contributed by atoms with Gasteiger partial charge in [-0.15, -0.1) is 0 Å². The summed E-state index contributed by atoms with van der Waals surface area (Å²) in [6, 6.07) is 18.8. The van der Waals surface area contributed by atoms with Crippen molar-refractivity contribution in [1.29, 1.82) is 0 Å². The van der Waals surface area contributed by atoms with Crippen LogP contribution in [-0.4, -0.2) is 51.1 Å². The number of amides is 3. The standard InChI is InChI=1S/C35H37N5O5S/c1-3-24-11-13-25(14-12-24)21-30-34(43)40(35(44)46-30)20-8-6-4-5-7-9-28(41)22-36-33(42)26-15-17-27(18-16-26)37-29-19-10-23(2)31-32(29)39-45-38-31/h10-19,21,37H,3-9,20,22H2,1-2H3,(H,36,42)/b30-21-. The van der Waals surface area contributed by atoms with Gasteiger partial charge < -0.3 is 10.6 Å². The Morgan fingerprint density at radius 2 is 1.61 bits per heavy atom. The summed E-state index contributed by atoms with van der Waals surface area (Å²) < 4.78 is 4.87. The molecule has 1 fully saturated rings. The molecule has 2 N–H and O–H groups in total. The third-order valence-electron chi connectivity index (χ3n) is 7.89. The fourth-order valence-electron chi connectivity index (χ4n) is 5.14. The average Bonchev–Trinajstić information content (AvgIpc) is 3.67. The number of anilines is 2. The molecule has 1 aromatic heterocycles. The summed E-state index contributed by atoms with van der Waals surface area (Å²) in [5.74, 6) is -0.566. The Morgan fingerprint density at radius 1 is 0.891 bits per heavy atom. The molecule has 0 aliphatic carbocycles. The number of imide groups is 1. The van der Waals surface area contributed by atoms with Gasteiger partial charge in [-0.2, -0.15) is 0 Å². The van der Waals surface area contributed by atoms with Crippen molar-refractivity contribution in [2.75, 3.05) is 18.4 Å². The van der Waals surface area contributed by atoms with E-state index in [0.717, 1.165) is 72.8 Å². The maximum Gasteiger partial charge on any atom is 0.293 e. The Bertz CT molecular complexity index is 1750. The van der Waals surface area contributed by atoms with Crippen LogP contribution in [0.5, 0.6) is 0 Å². The highest BCUT2D eigenvalue weighted by atomic mass is 32.2. The number of nitrogens with zero attached hydrogens (tertiary/aromatic N) is 3. The van der Waals surface area contributed by atoms with Crippen molar-refractivity contribution in [3.05, 3.63) is 87.8 Å². The molecule has 0 bridgehead atoms. The van der Waals surface area contributed by atoms with E-state index in [2.05, 4.69) is 27.9 Å². The van der Waals surface area contributed by atoms with E-state index in [1.165, 1.54) is 10.5 Å². The van der Waals surface area contributed by atoms with E-state index in [1.807, 2.05) is 43.3 Å². The number of nitrogens with one attached hydrogen (secondary N) is 2. The Morgan fingerprint density at radius 3 is 2.37 bits per heavy atom. The number of aryl methyl sites for hydroxylation is 2. The minimum Gasteiger partial charge on any atom is -0.354 e. The zero-order valence-electron chi connectivity index (χ0n) is 26.0. The molecular formula is C35H37N5O5S. The van der Waals surface area contributed by atoms with E-state index < -0.39 is 0 Å². The van der Waals surface area contributed by atoms with Crippen molar-refractivity contribution in [1.82, 2.24) is 20.5 Å². The van der Waals surface area contributed by atoms with Gasteiger partial charge in [0.2, 0.25) is 0 Å². The van der Waals surface area contributed by atoms with E-state index in [4.69, 9.17) is 4.63 Å². The normalized spacial score (nSPS) is 14.0.